The van der Waals surface area contributed by atoms with Crippen LogP contribution >= 0.6 is 0 Å². The summed E-state index contributed by atoms with van der Waals surface area (Å²) in [5.41, 5.74) is 3.21. The van der Waals surface area contributed by atoms with E-state index < -0.39 is 17.7 Å². The van der Waals surface area contributed by atoms with Crippen LogP contribution in [0.3, 0.4) is 0 Å². The summed E-state index contributed by atoms with van der Waals surface area (Å²) in [6.45, 7) is 9.19. The van der Waals surface area contributed by atoms with E-state index in [-0.39, 0.29) is 12.3 Å². The van der Waals surface area contributed by atoms with Crippen molar-refractivity contribution in [1.82, 2.24) is 29.4 Å². The third-order valence-electron chi connectivity index (χ3n) is 9.78. The predicted octanol–water partition coefficient (Wildman–Crippen LogP) is 6.09. The highest BCUT2D eigenvalue weighted by molar-refractivity contribution is 6.05. The molecule has 1 aromatic carbocycles. The number of ether oxygens (including phenoxy) is 1. The van der Waals surface area contributed by atoms with E-state index in [1.54, 1.807) is 11.1 Å². The van der Waals surface area contributed by atoms with Crippen LogP contribution < -0.4 is 15.5 Å². The minimum Gasteiger partial charge on any atom is -0.444 e. The third kappa shape index (κ3) is 6.83. The number of anilines is 2. The van der Waals surface area contributed by atoms with Crippen LogP contribution in [0, 0.1) is 5.92 Å². The molecule has 4 aromatic rings. The first-order valence-corrected chi connectivity index (χ1v) is 16.9. The summed E-state index contributed by atoms with van der Waals surface area (Å²) >= 11 is 0. The van der Waals surface area contributed by atoms with Gasteiger partial charge in [0, 0.05) is 43.0 Å². The largest absolute Gasteiger partial charge is 0.444 e. The number of urea groups is 1. The Balaban J connectivity index is 0.910. The van der Waals surface area contributed by atoms with Crippen molar-refractivity contribution in [2.45, 2.75) is 83.3 Å². The van der Waals surface area contributed by atoms with E-state index in [0.717, 1.165) is 61.9 Å². The van der Waals surface area contributed by atoms with Crippen LogP contribution in [-0.4, -0.2) is 73.9 Å². The molecule has 3 aliphatic rings. The normalized spacial score (nSPS) is 21.7. The average Bonchev–Trinajstić information content (AvgIpc) is 3.65. The molecule has 4 amide bonds. The zero-order valence-electron chi connectivity index (χ0n) is 27.4. The summed E-state index contributed by atoms with van der Waals surface area (Å²) in [6, 6.07) is 9.99. The number of carbonyl (C=O) groups is 3. The fourth-order valence-electron chi connectivity index (χ4n) is 7.44. The Labute approximate surface area is 274 Å². The topological polar surface area (TPSA) is 126 Å². The van der Waals surface area contributed by atoms with Gasteiger partial charge in [0.05, 0.1) is 17.8 Å². The molecule has 12 nitrogen and oxygen atoms in total. The van der Waals surface area contributed by atoms with E-state index in [1.165, 1.54) is 18.4 Å². The molecular formula is C35H44N8O4. The Hall–Kier alpha value is -4.45. The highest BCUT2D eigenvalue weighted by Crippen LogP contribution is 2.36. The number of likely N-dealkylation sites (tertiary alicyclic amines) is 1. The second kappa shape index (κ2) is 12.6. The number of rotatable bonds is 6. The van der Waals surface area contributed by atoms with Gasteiger partial charge in [-0.3, -0.25) is 29.4 Å². The summed E-state index contributed by atoms with van der Waals surface area (Å²) in [7, 11) is 0. The molecule has 0 bridgehead atoms. The van der Waals surface area contributed by atoms with Gasteiger partial charge in [0.15, 0.2) is 0 Å². The molecule has 2 aliphatic heterocycles. The minimum absolute atomic E-state index is 0.238. The number of piperidine rings is 1. The van der Waals surface area contributed by atoms with Gasteiger partial charge in [-0.1, -0.05) is 6.07 Å². The van der Waals surface area contributed by atoms with Crippen molar-refractivity contribution in [3.63, 3.8) is 0 Å². The molecule has 2 N–H and O–H groups in total. The SMILES string of the molecule is CC(C)(C)OC(=O)Nc1ccc2nn([C@H]3CC[C@H](CN4CCC(c5cccn6c(N7CCC(=O)NC7=O)cnc56)CC4)CC3)cc2c1. The molecule has 5 heterocycles. The highest BCUT2D eigenvalue weighted by Gasteiger charge is 2.30. The van der Waals surface area contributed by atoms with Crippen molar-refractivity contribution in [2.75, 3.05) is 36.4 Å². The maximum absolute atomic E-state index is 12.5. The lowest BCUT2D eigenvalue weighted by Crippen LogP contribution is -2.50. The molecule has 12 heteroatoms. The van der Waals surface area contributed by atoms with E-state index in [1.807, 2.05) is 55.6 Å². The molecule has 1 saturated carbocycles. The van der Waals surface area contributed by atoms with Crippen LogP contribution in [0.25, 0.3) is 16.6 Å². The smallest absolute Gasteiger partial charge is 0.412 e. The number of benzene rings is 1. The number of aromatic nitrogens is 4. The number of nitrogens with zero attached hydrogens (tertiary/aromatic N) is 6. The molecule has 2 saturated heterocycles. The van der Waals surface area contributed by atoms with E-state index in [0.29, 0.717) is 35.9 Å². The number of fused-ring (bicyclic) bond motifs is 2. The quantitative estimate of drug-likeness (QED) is 0.261. The Morgan fingerprint density at radius 1 is 1.04 bits per heavy atom. The zero-order valence-corrected chi connectivity index (χ0v) is 27.4. The van der Waals surface area contributed by atoms with Gasteiger partial charge < -0.3 is 9.64 Å². The van der Waals surface area contributed by atoms with Gasteiger partial charge in [0.25, 0.3) is 0 Å². The standard InChI is InChI=1S/C35H44N8O4/c1-35(2,3)47-34(46)37-26-8-11-29-25(19-26)22-43(39-29)27-9-6-23(7-10-27)21-40-16-12-24(13-17-40)28-5-4-15-41-31(20-36-32(28)41)42-18-14-30(44)38-33(42)45/h4-5,8,11,15,19-20,22-24,27H,6-7,9-10,12-14,16-18,21H2,1-3H3,(H,37,46)(H,38,44,45)/t23-,27-. The van der Waals surface area contributed by atoms with Gasteiger partial charge in [-0.2, -0.15) is 5.10 Å². The first kappa shape index (κ1) is 31.2. The first-order chi connectivity index (χ1) is 22.6. The molecule has 0 spiro atoms. The van der Waals surface area contributed by atoms with Crippen LogP contribution in [0.5, 0.6) is 0 Å². The summed E-state index contributed by atoms with van der Waals surface area (Å²) < 4.78 is 9.50. The number of nitrogens with one attached hydrogen (secondary N) is 2. The van der Waals surface area contributed by atoms with Crippen LogP contribution in [0.1, 0.15) is 83.2 Å². The summed E-state index contributed by atoms with van der Waals surface area (Å²) in [5.74, 6) is 1.57. The van der Waals surface area contributed by atoms with Gasteiger partial charge >= 0.3 is 12.1 Å². The maximum Gasteiger partial charge on any atom is 0.412 e. The van der Waals surface area contributed by atoms with Crippen molar-refractivity contribution < 1.29 is 19.1 Å². The molecule has 3 aromatic heterocycles. The molecule has 1 aliphatic carbocycles. The summed E-state index contributed by atoms with van der Waals surface area (Å²) in [6.07, 6.45) is 12.4. The number of amides is 4. The zero-order chi connectivity index (χ0) is 32.7. The number of hydrogen-bond acceptors (Lipinski definition) is 7. The van der Waals surface area contributed by atoms with E-state index >= 15 is 0 Å². The maximum atomic E-state index is 12.5. The van der Waals surface area contributed by atoms with Crippen LogP contribution in [0.15, 0.2) is 48.9 Å². The van der Waals surface area contributed by atoms with Gasteiger partial charge in [-0.05, 0) is 114 Å². The van der Waals surface area contributed by atoms with Crippen LogP contribution in [0.4, 0.5) is 21.1 Å². The van der Waals surface area contributed by atoms with Crippen molar-refractivity contribution in [3.05, 3.63) is 54.5 Å². The molecule has 47 heavy (non-hydrogen) atoms. The van der Waals surface area contributed by atoms with Crippen molar-refractivity contribution in [2.24, 2.45) is 5.92 Å². The fraction of sp³-hybridized carbons (Fsp3) is 0.514. The molecule has 3 fully saturated rings. The van der Waals surface area contributed by atoms with E-state index in [2.05, 4.69) is 32.5 Å². The van der Waals surface area contributed by atoms with Crippen LogP contribution in [0.2, 0.25) is 0 Å². The third-order valence-corrected chi connectivity index (χ3v) is 9.78. The van der Waals surface area contributed by atoms with Gasteiger partial charge in [-0.25, -0.2) is 14.6 Å². The Morgan fingerprint density at radius 3 is 2.57 bits per heavy atom. The fourth-order valence-corrected chi connectivity index (χ4v) is 7.44. The second-order valence-electron chi connectivity index (χ2n) is 14.3. The average molecular weight is 641 g/mol. The number of carbonyl (C=O) groups excluding carboxylic acids is 3. The Morgan fingerprint density at radius 2 is 1.83 bits per heavy atom. The van der Waals surface area contributed by atoms with Crippen molar-refractivity contribution in [1.29, 1.82) is 0 Å². The first-order valence-electron chi connectivity index (χ1n) is 16.9. The number of pyridine rings is 1. The number of imidazole rings is 1. The minimum atomic E-state index is -0.546. The molecular weight excluding hydrogens is 596 g/mol. The summed E-state index contributed by atoms with van der Waals surface area (Å²) in [5, 5.41) is 11.1. The lowest BCUT2D eigenvalue weighted by atomic mass is 9.84. The summed E-state index contributed by atoms with van der Waals surface area (Å²) in [4.78, 5) is 45.2. The van der Waals surface area contributed by atoms with Crippen molar-refractivity contribution in [3.8, 4) is 0 Å². The molecule has 248 valence electrons. The van der Waals surface area contributed by atoms with E-state index in [4.69, 9.17) is 14.8 Å². The lowest BCUT2D eigenvalue weighted by molar-refractivity contribution is -0.120. The predicted molar refractivity (Wildman–Crippen MR) is 180 cm³/mol. The Kier molecular flexibility index (Phi) is 8.37. The van der Waals surface area contributed by atoms with Gasteiger partial charge in [-0.15, -0.1) is 0 Å². The van der Waals surface area contributed by atoms with Gasteiger partial charge in [0.1, 0.15) is 17.1 Å². The lowest BCUT2D eigenvalue weighted by Gasteiger charge is -2.36. The molecule has 0 atom stereocenters. The molecule has 0 radical (unpaired) electrons. The van der Waals surface area contributed by atoms with E-state index in [9.17, 15) is 14.4 Å². The van der Waals surface area contributed by atoms with Crippen molar-refractivity contribution >= 4 is 46.1 Å². The number of imide groups is 1. The highest BCUT2D eigenvalue weighted by atomic mass is 16.6. The monoisotopic (exact) mass is 640 g/mol. The second-order valence-corrected chi connectivity index (χ2v) is 14.3. The number of hydrogen-bond donors (Lipinski definition) is 2. The molecule has 7 rings (SSSR count). The van der Waals surface area contributed by atoms with Crippen LogP contribution in [-0.2, 0) is 9.53 Å². The van der Waals surface area contributed by atoms with Gasteiger partial charge in [0.2, 0.25) is 5.91 Å². The molecule has 0 unspecified atom stereocenters. The Bertz CT molecular complexity index is 1790.